The molecular formula is C46H62O2. The number of rotatable bonds is 20. The highest BCUT2D eigenvalue weighted by molar-refractivity contribution is 6.14. The smallest absolute Gasteiger partial charge is 0.131 e. The molecule has 2 N–H and O–H groups in total. The number of aromatic hydroxyl groups is 2. The maximum Gasteiger partial charge on any atom is 0.131 e. The lowest BCUT2D eigenvalue weighted by Crippen LogP contribution is -1.97. The second kappa shape index (κ2) is 17.9. The molecule has 0 saturated heterocycles. The van der Waals surface area contributed by atoms with Crippen molar-refractivity contribution in [3.8, 4) is 11.5 Å². The van der Waals surface area contributed by atoms with Gasteiger partial charge in [0.05, 0.1) is 0 Å². The molecule has 2 nitrogen and oxygen atoms in total. The van der Waals surface area contributed by atoms with Crippen LogP contribution in [0.2, 0.25) is 0 Å². The van der Waals surface area contributed by atoms with Crippen molar-refractivity contribution in [1.82, 2.24) is 0 Å². The fourth-order valence-corrected chi connectivity index (χ4v) is 7.87. The molecule has 0 aromatic heterocycles. The van der Waals surface area contributed by atoms with E-state index < -0.39 is 0 Å². The molecule has 0 amide bonds. The van der Waals surface area contributed by atoms with E-state index in [0.717, 1.165) is 68.8 Å². The largest absolute Gasteiger partial charge is 0.507 e. The van der Waals surface area contributed by atoms with Crippen LogP contribution in [0.4, 0.5) is 0 Å². The Bertz CT molecular complexity index is 1670. The van der Waals surface area contributed by atoms with Crippen LogP contribution in [-0.4, -0.2) is 10.2 Å². The van der Waals surface area contributed by atoms with E-state index in [1.807, 2.05) is 6.07 Å². The monoisotopic (exact) mass is 646 g/mol. The van der Waals surface area contributed by atoms with E-state index in [-0.39, 0.29) is 0 Å². The zero-order valence-corrected chi connectivity index (χ0v) is 30.7. The van der Waals surface area contributed by atoms with Gasteiger partial charge in [-0.1, -0.05) is 117 Å². The first-order chi connectivity index (χ1) is 23.5. The Kier molecular flexibility index (Phi) is 13.5. The van der Waals surface area contributed by atoms with E-state index in [9.17, 15) is 10.2 Å². The van der Waals surface area contributed by atoms with E-state index in [0.29, 0.717) is 11.5 Å². The molecule has 0 unspecified atom stereocenters. The highest BCUT2D eigenvalue weighted by atomic mass is 16.3. The third kappa shape index (κ3) is 8.66. The third-order valence-corrected chi connectivity index (χ3v) is 10.8. The molecule has 0 spiro atoms. The van der Waals surface area contributed by atoms with Crippen molar-refractivity contribution in [2.24, 2.45) is 0 Å². The molecule has 0 radical (unpaired) electrons. The Balaban J connectivity index is 1.58. The molecular weight excluding hydrogens is 585 g/mol. The van der Waals surface area contributed by atoms with Crippen LogP contribution in [0.15, 0.2) is 48.5 Å². The molecule has 5 aromatic carbocycles. The second-order valence-corrected chi connectivity index (χ2v) is 14.7. The van der Waals surface area contributed by atoms with Gasteiger partial charge in [0, 0.05) is 21.5 Å². The molecule has 5 rings (SSSR count). The zero-order valence-electron chi connectivity index (χ0n) is 30.7. The van der Waals surface area contributed by atoms with Crippen molar-refractivity contribution in [1.29, 1.82) is 0 Å². The molecule has 5 aromatic rings. The number of phenolic OH excluding ortho intramolecular Hbond substituents is 2. The van der Waals surface area contributed by atoms with Gasteiger partial charge in [-0.2, -0.15) is 0 Å². The van der Waals surface area contributed by atoms with Gasteiger partial charge in [-0.25, -0.2) is 0 Å². The standard InChI is InChI=1S/C46H62O2/c1-5-9-13-17-21-33-25-37-27-39-29-40-28-38-26-34(22-18-14-10-6-2)36(24-20-16-12-8-4)31-42(38)46(48)44(40)32-43(39)45(47)41(37)30-35(33)23-19-15-11-7-3/h25-32,47-48H,5-24H2,1-4H3. The SMILES string of the molecule is CCCCCCc1cc2cc3cc4cc5cc(CCCCCC)c(CCCCCC)cc5c(O)c4cc3c(O)c2cc1CCCCCC. The minimum Gasteiger partial charge on any atom is -0.507 e. The number of unbranched alkanes of at least 4 members (excludes halogenated alkanes) is 12. The van der Waals surface area contributed by atoms with Crippen molar-refractivity contribution in [2.75, 3.05) is 0 Å². The van der Waals surface area contributed by atoms with Crippen molar-refractivity contribution in [2.45, 2.75) is 156 Å². The number of fused-ring (bicyclic) bond motifs is 4. The molecule has 0 bridgehead atoms. The van der Waals surface area contributed by atoms with Crippen molar-refractivity contribution < 1.29 is 10.2 Å². The number of phenols is 2. The average Bonchev–Trinajstić information content (AvgIpc) is 3.09. The quantitative estimate of drug-likeness (QED) is 0.0652. The van der Waals surface area contributed by atoms with E-state index in [1.165, 1.54) is 125 Å². The summed E-state index contributed by atoms with van der Waals surface area (Å²) in [5.41, 5.74) is 5.71. The second-order valence-electron chi connectivity index (χ2n) is 14.7. The summed E-state index contributed by atoms with van der Waals surface area (Å²) in [5.74, 6) is 0.686. The predicted molar refractivity (Wildman–Crippen MR) is 211 cm³/mol. The molecule has 0 heterocycles. The Morgan fingerprint density at radius 2 is 0.583 bits per heavy atom. The summed E-state index contributed by atoms with van der Waals surface area (Å²) in [6.07, 6.45) is 24.4. The van der Waals surface area contributed by atoms with Gasteiger partial charge in [0.15, 0.2) is 0 Å². The van der Waals surface area contributed by atoms with Crippen LogP contribution in [0, 0.1) is 0 Å². The molecule has 258 valence electrons. The van der Waals surface area contributed by atoms with Crippen LogP contribution in [0.5, 0.6) is 11.5 Å². The minimum atomic E-state index is 0.343. The summed E-state index contributed by atoms with van der Waals surface area (Å²) in [6.45, 7) is 9.08. The fourth-order valence-electron chi connectivity index (χ4n) is 7.87. The van der Waals surface area contributed by atoms with E-state index in [2.05, 4.69) is 70.2 Å². The Labute approximate surface area is 291 Å². The number of benzene rings is 5. The van der Waals surface area contributed by atoms with Gasteiger partial charge in [0.1, 0.15) is 11.5 Å². The van der Waals surface area contributed by atoms with E-state index in [1.54, 1.807) is 0 Å². The van der Waals surface area contributed by atoms with Gasteiger partial charge >= 0.3 is 0 Å². The summed E-state index contributed by atoms with van der Waals surface area (Å²) in [7, 11) is 0. The molecule has 0 aliphatic heterocycles. The number of aryl methyl sites for hydroxylation is 4. The maximum atomic E-state index is 11.8. The Morgan fingerprint density at radius 3 is 0.896 bits per heavy atom. The fraction of sp³-hybridized carbons (Fsp3) is 0.522. The molecule has 0 fully saturated rings. The lowest BCUT2D eigenvalue weighted by atomic mass is 9.89. The van der Waals surface area contributed by atoms with Crippen LogP contribution in [0.3, 0.4) is 0 Å². The summed E-state index contributed by atoms with van der Waals surface area (Å²) >= 11 is 0. The molecule has 0 aliphatic carbocycles. The topological polar surface area (TPSA) is 40.5 Å². The number of hydrogen-bond donors (Lipinski definition) is 2. The van der Waals surface area contributed by atoms with Gasteiger partial charge in [0.25, 0.3) is 0 Å². The highest BCUT2D eigenvalue weighted by Gasteiger charge is 2.16. The lowest BCUT2D eigenvalue weighted by Gasteiger charge is -2.16. The zero-order chi connectivity index (χ0) is 33.9. The van der Waals surface area contributed by atoms with E-state index >= 15 is 0 Å². The molecule has 48 heavy (non-hydrogen) atoms. The van der Waals surface area contributed by atoms with Crippen molar-refractivity contribution in [3.05, 3.63) is 70.8 Å². The maximum absolute atomic E-state index is 11.8. The van der Waals surface area contributed by atoms with E-state index in [4.69, 9.17) is 0 Å². The van der Waals surface area contributed by atoms with Gasteiger partial charge in [-0.15, -0.1) is 0 Å². The van der Waals surface area contributed by atoms with Crippen LogP contribution >= 0.6 is 0 Å². The minimum absolute atomic E-state index is 0.343. The Morgan fingerprint density at radius 1 is 0.312 bits per heavy atom. The van der Waals surface area contributed by atoms with Gasteiger partial charge in [-0.05, 0) is 132 Å². The van der Waals surface area contributed by atoms with Crippen LogP contribution in [0.25, 0.3) is 43.1 Å². The lowest BCUT2D eigenvalue weighted by molar-refractivity contribution is 0.487. The van der Waals surface area contributed by atoms with Gasteiger partial charge in [0.2, 0.25) is 0 Å². The average molecular weight is 647 g/mol. The summed E-state index contributed by atoms with van der Waals surface area (Å²) in [5, 5.41) is 31.4. The van der Waals surface area contributed by atoms with Crippen LogP contribution < -0.4 is 0 Å². The summed E-state index contributed by atoms with van der Waals surface area (Å²) < 4.78 is 0. The summed E-state index contributed by atoms with van der Waals surface area (Å²) in [6, 6.07) is 18.0. The van der Waals surface area contributed by atoms with Crippen molar-refractivity contribution >= 4 is 43.1 Å². The van der Waals surface area contributed by atoms with Crippen LogP contribution in [-0.2, 0) is 25.7 Å². The highest BCUT2D eigenvalue weighted by Crippen LogP contribution is 2.42. The molecule has 0 aliphatic rings. The Hall–Kier alpha value is -3.26. The van der Waals surface area contributed by atoms with Crippen molar-refractivity contribution in [3.63, 3.8) is 0 Å². The first-order valence-corrected chi connectivity index (χ1v) is 19.8. The predicted octanol–water partition coefficient (Wildman–Crippen LogP) is 14.2. The van der Waals surface area contributed by atoms with Gasteiger partial charge in [-0.3, -0.25) is 0 Å². The summed E-state index contributed by atoms with van der Waals surface area (Å²) in [4.78, 5) is 0. The molecule has 2 heteroatoms. The van der Waals surface area contributed by atoms with Crippen LogP contribution in [0.1, 0.15) is 153 Å². The third-order valence-electron chi connectivity index (χ3n) is 10.8. The first-order valence-electron chi connectivity index (χ1n) is 19.8. The number of hydrogen-bond acceptors (Lipinski definition) is 2. The van der Waals surface area contributed by atoms with Gasteiger partial charge < -0.3 is 10.2 Å². The first kappa shape index (κ1) is 36.0. The molecule has 0 saturated carbocycles. The normalized spacial score (nSPS) is 11.9. The molecule has 0 atom stereocenters.